The Morgan fingerprint density at radius 3 is 2.80 bits per heavy atom. The van der Waals surface area contributed by atoms with Crippen molar-refractivity contribution >= 4 is 17.6 Å². The molecule has 1 heterocycles. The first kappa shape index (κ1) is 14.5. The van der Waals surface area contributed by atoms with Crippen molar-refractivity contribution in [2.75, 3.05) is 38.7 Å². The molecule has 1 aromatic rings. The Bertz CT molecular complexity index is 502. The van der Waals surface area contributed by atoms with Crippen LogP contribution in [0, 0.1) is 0 Å². The van der Waals surface area contributed by atoms with E-state index in [1.54, 1.807) is 11.9 Å². The number of aryl methyl sites for hydroxylation is 1. The summed E-state index contributed by atoms with van der Waals surface area (Å²) in [5.41, 5.74) is 2.21. The number of nitrogens with zero attached hydrogens (tertiary/aromatic N) is 2. The van der Waals surface area contributed by atoms with Crippen LogP contribution in [-0.4, -0.2) is 50.6 Å². The smallest absolute Gasteiger partial charge is 0.319 e. The van der Waals surface area contributed by atoms with Gasteiger partial charge in [0.2, 0.25) is 5.91 Å². The maximum atomic E-state index is 12.4. The fraction of sp³-hybridized carbons (Fsp3) is 0.467. The van der Waals surface area contributed by atoms with Crippen LogP contribution in [0.2, 0.25) is 0 Å². The first-order valence-corrected chi connectivity index (χ1v) is 6.75. The van der Waals surface area contributed by atoms with Crippen molar-refractivity contribution in [3.63, 3.8) is 0 Å². The summed E-state index contributed by atoms with van der Waals surface area (Å²) in [4.78, 5) is 27.0. The molecule has 108 valence electrons. The van der Waals surface area contributed by atoms with E-state index in [1.165, 1.54) is 12.7 Å². The SMILES string of the molecule is COC(=O)CN(C)CC(=O)N1CCCc2ccccc21. The maximum absolute atomic E-state index is 12.4. The molecule has 1 aliphatic heterocycles. The number of benzene rings is 1. The Kier molecular flexibility index (Phi) is 4.74. The van der Waals surface area contributed by atoms with Crippen molar-refractivity contribution in [3.05, 3.63) is 29.8 Å². The molecule has 0 fully saturated rings. The number of methoxy groups -OCH3 is 1. The van der Waals surface area contributed by atoms with Gasteiger partial charge in [0.25, 0.3) is 0 Å². The minimum atomic E-state index is -0.334. The molecule has 0 spiro atoms. The number of carbonyl (C=O) groups excluding carboxylic acids is 2. The molecule has 0 saturated carbocycles. The highest BCUT2D eigenvalue weighted by molar-refractivity contribution is 5.96. The lowest BCUT2D eigenvalue weighted by Crippen LogP contribution is -2.43. The standard InChI is InChI=1S/C15H20N2O3/c1-16(11-15(19)20-2)10-14(18)17-9-5-7-12-6-3-4-8-13(12)17/h3-4,6,8H,5,7,9-11H2,1-2H3. The van der Waals surface area contributed by atoms with Crippen molar-refractivity contribution in [2.45, 2.75) is 12.8 Å². The van der Waals surface area contributed by atoms with E-state index in [1.807, 2.05) is 23.1 Å². The number of hydrogen-bond donors (Lipinski definition) is 0. The number of anilines is 1. The minimum Gasteiger partial charge on any atom is -0.468 e. The van der Waals surface area contributed by atoms with Crippen LogP contribution in [0.3, 0.4) is 0 Å². The number of carbonyl (C=O) groups is 2. The van der Waals surface area contributed by atoms with E-state index in [4.69, 9.17) is 0 Å². The number of para-hydroxylation sites is 1. The molecule has 0 atom stereocenters. The number of amides is 1. The zero-order chi connectivity index (χ0) is 14.5. The molecule has 0 N–H and O–H groups in total. The summed E-state index contributed by atoms with van der Waals surface area (Å²) in [6.45, 7) is 1.07. The van der Waals surface area contributed by atoms with Crippen LogP contribution in [0.15, 0.2) is 24.3 Å². The van der Waals surface area contributed by atoms with Crippen molar-refractivity contribution in [3.8, 4) is 0 Å². The zero-order valence-electron chi connectivity index (χ0n) is 12.0. The van der Waals surface area contributed by atoms with Crippen LogP contribution in [0.25, 0.3) is 0 Å². The van der Waals surface area contributed by atoms with Gasteiger partial charge in [0.05, 0.1) is 20.2 Å². The summed E-state index contributed by atoms with van der Waals surface area (Å²) in [7, 11) is 3.09. The van der Waals surface area contributed by atoms with Crippen molar-refractivity contribution in [1.82, 2.24) is 4.90 Å². The molecule has 0 aliphatic carbocycles. The van der Waals surface area contributed by atoms with Crippen LogP contribution in [0.1, 0.15) is 12.0 Å². The van der Waals surface area contributed by atoms with Gasteiger partial charge in [-0.3, -0.25) is 14.5 Å². The quantitative estimate of drug-likeness (QED) is 0.772. The predicted octanol–water partition coefficient (Wildman–Crippen LogP) is 1.07. The molecule has 0 saturated heterocycles. The molecule has 20 heavy (non-hydrogen) atoms. The second kappa shape index (κ2) is 6.52. The van der Waals surface area contributed by atoms with Crippen molar-refractivity contribution < 1.29 is 14.3 Å². The molecule has 1 aromatic carbocycles. The molecule has 0 aromatic heterocycles. The van der Waals surface area contributed by atoms with Crippen LogP contribution >= 0.6 is 0 Å². The van der Waals surface area contributed by atoms with Gasteiger partial charge in [-0.05, 0) is 31.5 Å². The van der Waals surface area contributed by atoms with E-state index in [9.17, 15) is 9.59 Å². The lowest BCUT2D eigenvalue weighted by molar-refractivity contribution is -0.141. The summed E-state index contributed by atoms with van der Waals surface area (Å²) < 4.78 is 4.60. The Balaban J connectivity index is 2.02. The van der Waals surface area contributed by atoms with Crippen molar-refractivity contribution in [1.29, 1.82) is 0 Å². The average molecular weight is 276 g/mol. The molecule has 0 bridgehead atoms. The molecule has 5 heteroatoms. The largest absolute Gasteiger partial charge is 0.468 e. The number of esters is 1. The number of fused-ring (bicyclic) bond motifs is 1. The number of ether oxygens (including phenoxy) is 1. The van der Waals surface area contributed by atoms with Gasteiger partial charge in [-0.1, -0.05) is 18.2 Å². The van der Waals surface area contributed by atoms with Gasteiger partial charge in [-0.25, -0.2) is 0 Å². The Labute approximate surface area is 119 Å². The van der Waals surface area contributed by atoms with Gasteiger partial charge in [-0.15, -0.1) is 0 Å². The van der Waals surface area contributed by atoms with Crippen molar-refractivity contribution in [2.24, 2.45) is 0 Å². The number of likely N-dealkylation sites (N-methyl/N-ethyl adjacent to an activating group) is 1. The molecule has 0 radical (unpaired) electrons. The average Bonchev–Trinajstić information content (AvgIpc) is 2.46. The summed E-state index contributed by atoms with van der Waals surface area (Å²) >= 11 is 0. The van der Waals surface area contributed by atoms with Crippen LogP contribution in [0.5, 0.6) is 0 Å². The first-order chi connectivity index (χ1) is 9.61. The fourth-order valence-electron chi connectivity index (χ4n) is 2.45. The topological polar surface area (TPSA) is 49.9 Å². The maximum Gasteiger partial charge on any atom is 0.319 e. The van der Waals surface area contributed by atoms with E-state index >= 15 is 0 Å². The highest BCUT2D eigenvalue weighted by Gasteiger charge is 2.23. The third kappa shape index (κ3) is 3.36. The molecular weight excluding hydrogens is 256 g/mol. The summed E-state index contributed by atoms with van der Waals surface area (Å²) in [6, 6.07) is 7.98. The summed E-state index contributed by atoms with van der Waals surface area (Å²) in [5, 5.41) is 0. The fourth-order valence-corrected chi connectivity index (χ4v) is 2.45. The number of rotatable bonds is 4. The second-order valence-electron chi connectivity index (χ2n) is 5.03. The molecule has 1 amide bonds. The highest BCUT2D eigenvalue weighted by atomic mass is 16.5. The molecule has 0 unspecified atom stereocenters. The van der Waals surface area contributed by atoms with Gasteiger partial charge in [0, 0.05) is 12.2 Å². The lowest BCUT2D eigenvalue weighted by Gasteiger charge is -2.30. The second-order valence-corrected chi connectivity index (χ2v) is 5.03. The van der Waals surface area contributed by atoms with E-state index < -0.39 is 0 Å². The number of hydrogen-bond acceptors (Lipinski definition) is 4. The van der Waals surface area contributed by atoms with Crippen LogP contribution in [0.4, 0.5) is 5.69 Å². The van der Waals surface area contributed by atoms with E-state index in [0.717, 1.165) is 25.1 Å². The van der Waals surface area contributed by atoms with E-state index in [-0.39, 0.29) is 25.0 Å². The van der Waals surface area contributed by atoms with Gasteiger partial charge in [0.1, 0.15) is 0 Å². The van der Waals surface area contributed by atoms with Crippen LogP contribution < -0.4 is 4.90 Å². The predicted molar refractivity (Wildman–Crippen MR) is 76.6 cm³/mol. The monoisotopic (exact) mass is 276 g/mol. The molecule has 2 rings (SSSR count). The third-order valence-electron chi connectivity index (χ3n) is 3.44. The third-order valence-corrected chi connectivity index (χ3v) is 3.44. The molecule has 1 aliphatic rings. The highest BCUT2D eigenvalue weighted by Crippen LogP contribution is 2.26. The van der Waals surface area contributed by atoms with Crippen LogP contribution in [-0.2, 0) is 20.7 Å². The van der Waals surface area contributed by atoms with E-state index in [2.05, 4.69) is 10.8 Å². The zero-order valence-corrected chi connectivity index (χ0v) is 12.0. The molecule has 5 nitrogen and oxygen atoms in total. The Morgan fingerprint density at radius 1 is 1.30 bits per heavy atom. The Morgan fingerprint density at radius 2 is 2.05 bits per heavy atom. The van der Waals surface area contributed by atoms with E-state index in [0.29, 0.717) is 0 Å². The van der Waals surface area contributed by atoms with Gasteiger partial charge >= 0.3 is 5.97 Å². The summed E-state index contributed by atoms with van der Waals surface area (Å²) in [6.07, 6.45) is 1.99. The van der Waals surface area contributed by atoms with Gasteiger partial charge in [-0.2, -0.15) is 0 Å². The normalized spacial score (nSPS) is 14.1. The minimum absolute atomic E-state index is 0.0172. The van der Waals surface area contributed by atoms with Gasteiger partial charge < -0.3 is 9.64 Å². The summed E-state index contributed by atoms with van der Waals surface area (Å²) in [5.74, 6) is -0.317. The molecular formula is C15H20N2O3. The van der Waals surface area contributed by atoms with Gasteiger partial charge in [0.15, 0.2) is 0 Å². The Hall–Kier alpha value is -1.88. The first-order valence-electron chi connectivity index (χ1n) is 6.75. The lowest BCUT2D eigenvalue weighted by atomic mass is 10.0.